The zero-order valence-electron chi connectivity index (χ0n) is 21.6. The van der Waals surface area contributed by atoms with Crippen molar-refractivity contribution in [2.24, 2.45) is 0 Å². The van der Waals surface area contributed by atoms with Crippen LogP contribution in [-0.2, 0) is 20.9 Å². The molecule has 1 aliphatic rings. The molecule has 0 aliphatic carbocycles. The summed E-state index contributed by atoms with van der Waals surface area (Å²) in [5, 5.41) is 18.6. The standard InChI is InChI=1S/C27H22Cl2F2N8O3/c28-19-6-9-22(36-14-25(29)33-35-36)23(12-19)38-15-42-39(16-41-38)24(10-17-4-2-1-3-5-17)26(40)32-20-7-8-21-18(11-20)13-37(34-21)27(30)31/h1-9,11-14,24,27H,10,15-16H2,(H,32,40). The number of anilines is 2. The number of benzene rings is 3. The number of amides is 1. The number of hydrogen-bond donors (Lipinski definition) is 1. The smallest absolute Gasteiger partial charge is 0.325 e. The second-order valence-electron chi connectivity index (χ2n) is 9.29. The Labute approximate surface area is 247 Å². The number of aromatic nitrogens is 5. The van der Waals surface area contributed by atoms with Crippen LogP contribution < -0.4 is 10.4 Å². The summed E-state index contributed by atoms with van der Waals surface area (Å²) in [7, 11) is 0. The lowest BCUT2D eigenvalue weighted by atomic mass is 10.0. The van der Waals surface area contributed by atoms with E-state index in [1.807, 2.05) is 30.3 Å². The number of hydroxylamine groups is 3. The van der Waals surface area contributed by atoms with Gasteiger partial charge < -0.3 is 5.32 Å². The van der Waals surface area contributed by atoms with Gasteiger partial charge >= 0.3 is 6.55 Å². The molecule has 0 saturated carbocycles. The highest BCUT2D eigenvalue weighted by molar-refractivity contribution is 6.31. The molecule has 1 aliphatic heterocycles. The van der Waals surface area contributed by atoms with Gasteiger partial charge in [0.05, 0.1) is 23.1 Å². The van der Waals surface area contributed by atoms with E-state index < -0.39 is 12.6 Å². The average molecular weight is 615 g/mol. The summed E-state index contributed by atoms with van der Waals surface area (Å²) in [5.74, 6) is -0.378. The topological polar surface area (TPSA) is 103 Å². The van der Waals surface area contributed by atoms with Gasteiger partial charge in [-0.1, -0.05) is 58.7 Å². The lowest BCUT2D eigenvalue weighted by molar-refractivity contribution is -0.279. The van der Waals surface area contributed by atoms with E-state index in [0.29, 0.717) is 44.1 Å². The summed E-state index contributed by atoms with van der Waals surface area (Å²) in [6.45, 7) is -2.94. The second kappa shape index (κ2) is 12.0. The van der Waals surface area contributed by atoms with Gasteiger partial charge in [-0.05, 0) is 48.4 Å². The van der Waals surface area contributed by atoms with Crippen molar-refractivity contribution in [1.29, 1.82) is 0 Å². The molecule has 2 aromatic heterocycles. The first-order valence-electron chi connectivity index (χ1n) is 12.6. The van der Waals surface area contributed by atoms with Crippen LogP contribution in [0.2, 0.25) is 10.2 Å². The molecule has 1 N–H and O–H groups in total. The molecule has 3 heterocycles. The molecule has 1 saturated heterocycles. The van der Waals surface area contributed by atoms with E-state index in [1.54, 1.807) is 42.6 Å². The van der Waals surface area contributed by atoms with Crippen LogP contribution >= 0.6 is 23.2 Å². The number of nitrogens with zero attached hydrogens (tertiary/aromatic N) is 7. The van der Waals surface area contributed by atoms with Crippen molar-refractivity contribution >= 4 is 51.4 Å². The quantitative estimate of drug-likeness (QED) is 0.245. The molecule has 1 amide bonds. The monoisotopic (exact) mass is 614 g/mol. The van der Waals surface area contributed by atoms with Gasteiger partial charge in [0.2, 0.25) is 5.91 Å². The van der Waals surface area contributed by atoms with E-state index in [-0.39, 0.29) is 24.5 Å². The third kappa shape index (κ3) is 6.05. The fourth-order valence-electron chi connectivity index (χ4n) is 4.51. The number of hydrogen-bond acceptors (Lipinski definition) is 8. The van der Waals surface area contributed by atoms with Crippen LogP contribution in [-0.4, -0.2) is 55.2 Å². The largest absolute Gasteiger partial charge is 0.333 e. The van der Waals surface area contributed by atoms with Crippen LogP contribution in [0.3, 0.4) is 0 Å². The second-order valence-corrected chi connectivity index (χ2v) is 10.1. The minimum atomic E-state index is -2.77. The third-order valence-corrected chi connectivity index (χ3v) is 6.92. The van der Waals surface area contributed by atoms with Crippen LogP contribution in [0, 0.1) is 0 Å². The van der Waals surface area contributed by atoms with Crippen LogP contribution in [0.15, 0.2) is 79.1 Å². The number of fused-ring (bicyclic) bond motifs is 1. The molecule has 0 spiro atoms. The number of rotatable bonds is 8. The van der Waals surface area contributed by atoms with Crippen molar-refractivity contribution < 1.29 is 23.3 Å². The first kappa shape index (κ1) is 28.0. The Bertz CT molecular complexity index is 1710. The highest BCUT2D eigenvalue weighted by Gasteiger charge is 2.33. The minimum Gasteiger partial charge on any atom is -0.325 e. The van der Waals surface area contributed by atoms with E-state index >= 15 is 0 Å². The van der Waals surface area contributed by atoms with E-state index in [9.17, 15) is 13.6 Å². The first-order chi connectivity index (χ1) is 20.3. The van der Waals surface area contributed by atoms with Crippen molar-refractivity contribution in [3.63, 3.8) is 0 Å². The van der Waals surface area contributed by atoms with Crippen molar-refractivity contribution in [3.05, 3.63) is 94.9 Å². The average Bonchev–Trinajstić information content (AvgIpc) is 3.62. The molecule has 1 fully saturated rings. The molecule has 0 radical (unpaired) electrons. The van der Waals surface area contributed by atoms with Gasteiger partial charge in [-0.3, -0.25) is 14.5 Å². The number of carbonyl (C=O) groups is 1. The molecule has 42 heavy (non-hydrogen) atoms. The van der Waals surface area contributed by atoms with Gasteiger partial charge in [0, 0.05) is 22.3 Å². The molecule has 11 nitrogen and oxygen atoms in total. The number of alkyl halides is 2. The van der Waals surface area contributed by atoms with E-state index in [1.165, 1.54) is 21.0 Å². The van der Waals surface area contributed by atoms with Gasteiger partial charge in [-0.25, -0.2) is 14.4 Å². The molecule has 15 heteroatoms. The molecule has 0 bridgehead atoms. The fraction of sp³-hybridized carbons (Fsp3) is 0.185. The molecule has 3 aromatic carbocycles. The zero-order chi connectivity index (χ0) is 29.2. The molecular formula is C27H22Cl2F2N8O3. The SMILES string of the molecule is O=C(Nc1ccc2nn(C(F)F)cc2c1)C(Cc1ccccc1)N1CON(c2cc(Cl)ccc2-n2cc(Cl)nn2)CO1. The summed E-state index contributed by atoms with van der Waals surface area (Å²) < 4.78 is 28.2. The van der Waals surface area contributed by atoms with E-state index in [4.69, 9.17) is 32.9 Å². The van der Waals surface area contributed by atoms with Gasteiger partial charge in [0.25, 0.3) is 0 Å². The van der Waals surface area contributed by atoms with Crippen molar-refractivity contribution in [2.75, 3.05) is 23.8 Å². The van der Waals surface area contributed by atoms with E-state index in [2.05, 4.69) is 20.7 Å². The summed E-state index contributed by atoms with van der Waals surface area (Å²) >= 11 is 12.2. The lowest BCUT2D eigenvalue weighted by Crippen LogP contribution is -2.52. The first-order valence-corrected chi connectivity index (χ1v) is 13.4. The maximum Gasteiger partial charge on any atom is 0.333 e. The summed E-state index contributed by atoms with van der Waals surface area (Å²) in [6.07, 6.45) is 3.08. The highest BCUT2D eigenvalue weighted by Crippen LogP contribution is 2.30. The Balaban J connectivity index is 1.21. The Kier molecular flexibility index (Phi) is 8.00. The Morgan fingerprint density at radius 3 is 2.52 bits per heavy atom. The molecule has 5 aromatic rings. The van der Waals surface area contributed by atoms with Gasteiger partial charge in [-0.15, -0.1) is 10.2 Å². The number of carbonyl (C=O) groups excluding carboxylic acids is 1. The normalized spacial score (nSPS) is 14.9. The van der Waals surface area contributed by atoms with Crippen molar-refractivity contribution in [2.45, 2.75) is 19.0 Å². The molecule has 1 atom stereocenters. The van der Waals surface area contributed by atoms with Crippen molar-refractivity contribution in [1.82, 2.24) is 29.8 Å². The van der Waals surface area contributed by atoms with E-state index in [0.717, 1.165) is 5.56 Å². The van der Waals surface area contributed by atoms with Gasteiger partial charge in [-0.2, -0.15) is 13.9 Å². The Morgan fingerprint density at radius 1 is 0.976 bits per heavy atom. The summed E-state index contributed by atoms with van der Waals surface area (Å²) in [4.78, 5) is 25.7. The number of nitrogens with one attached hydrogen (secondary N) is 1. The molecule has 6 rings (SSSR count). The molecule has 1 unspecified atom stereocenters. The summed E-state index contributed by atoms with van der Waals surface area (Å²) in [6, 6.07) is 18.5. The van der Waals surface area contributed by atoms with Crippen LogP contribution in [0.1, 0.15) is 12.1 Å². The van der Waals surface area contributed by atoms with Gasteiger partial charge in [0.1, 0.15) is 6.04 Å². The fourth-order valence-corrected chi connectivity index (χ4v) is 4.80. The van der Waals surface area contributed by atoms with Crippen LogP contribution in [0.5, 0.6) is 0 Å². The lowest BCUT2D eigenvalue weighted by Gasteiger charge is -2.38. The predicted octanol–water partition coefficient (Wildman–Crippen LogP) is 5.47. The highest BCUT2D eigenvalue weighted by atomic mass is 35.5. The van der Waals surface area contributed by atoms with Crippen LogP contribution in [0.4, 0.5) is 20.2 Å². The Hall–Kier alpha value is -4.14. The Morgan fingerprint density at radius 2 is 1.81 bits per heavy atom. The maximum absolute atomic E-state index is 13.6. The summed E-state index contributed by atoms with van der Waals surface area (Å²) in [5.41, 5.74) is 2.85. The third-order valence-electron chi connectivity index (χ3n) is 6.51. The zero-order valence-corrected chi connectivity index (χ0v) is 23.2. The van der Waals surface area contributed by atoms with Crippen molar-refractivity contribution in [3.8, 4) is 5.69 Å². The minimum absolute atomic E-state index is 0.0763. The molecule has 216 valence electrons. The predicted molar refractivity (Wildman–Crippen MR) is 151 cm³/mol. The maximum atomic E-state index is 13.6. The molecular weight excluding hydrogens is 593 g/mol. The van der Waals surface area contributed by atoms with Gasteiger partial charge in [0.15, 0.2) is 18.6 Å². The van der Waals surface area contributed by atoms with Crippen LogP contribution in [0.25, 0.3) is 16.6 Å². The number of halogens is 4.